The van der Waals surface area contributed by atoms with E-state index in [0.29, 0.717) is 12.0 Å². The number of hydrogen-bond donors (Lipinski definition) is 1. The minimum Gasteiger partial charge on any atom is -0.458 e. The molecule has 3 nitrogen and oxygen atoms in total. The zero-order valence-corrected chi connectivity index (χ0v) is 10.5. The average Bonchev–Trinajstić information content (AvgIpc) is 2.68. The van der Waals surface area contributed by atoms with E-state index in [2.05, 4.69) is 31.9 Å². The Morgan fingerprint density at radius 2 is 2.12 bits per heavy atom. The van der Waals surface area contributed by atoms with E-state index in [0.717, 1.165) is 23.6 Å². The normalized spacial score (nSPS) is 25.1. The molecule has 1 aromatic heterocycles. The first kappa shape index (κ1) is 10.7. The summed E-state index contributed by atoms with van der Waals surface area (Å²) in [6.45, 7) is 5.47. The third kappa shape index (κ3) is 1.39. The number of para-hydroxylation sites is 1. The van der Waals surface area contributed by atoms with Crippen molar-refractivity contribution in [2.24, 2.45) is 0 Å². The highest BCUT2D eigenvalue weighted by Crippen LogP contribution is 2.42. The number of nitrogens with zero attached hydrogens (tertiary/aromatic N) is 1. The Hall–Kier alpha value is -1.48. The second-order valence-corrected chi connectivity index (χ2v) is 5.12. The summed E-state index contributed by atoms with van der Waals surface area (Å²) in [4.78, 5) is 2.37. The molecule has 1 aliphatic heterocycles. The summed E-state index contributed by atoms with van der Waals surface area (Å²) in [5.41, 5.74) is 8.89. The number of fused-ring (bicyclic) bond motifs is 3. The van der Waals surface area contributed by atoms with E-state index in [-0.39, 0.29) is 0 Å². The number of hydrogen-bond acceptors (Lipinski definition) is 3. The molecule has 0 saturated heterocycles. The predicted molar refractivity (Wildman–Crippen MR) is 70.1 cm³/mol. The minimum absolute atomic E-state index is 0.393. The summed E-state index contributed by atoms with van der Waals surface area (Å²) in [5, 5.41) is 1.17. The zero-order chi connectivity index (χ0) is 12.2. The van der Waals surface area contributed by atoms with E-state index in [9.17, 15) is 0 Å². The Balaban J connectivity index is 2.34. The molecule has 1 aliphatic rings. The van der Waals surface area contributed by atoms with Crippen molar-refractivity contribution >= 4 is 16.7 Å². The number of rotatable bonds is 0. The molecule has 1 aromatic carbocycles. The van der Waals surface area contributed by atoms with Gasteiger partial charge < -0.3 is 10.2 Å². The lowest BCUT2D eigenvalue weighted by Gasteiger charge is -2.32. The van der Waals surface area contributed by atoms with Crippen LogP contribution in [0.5, 0.6) is 0 Å². The maximum Gasteiger partial charge on any atom is 0.157 e. The van der Waals surface area contributed by atoms with E-state index in [1.54, 1.807) is 0 Å². The number of anilines is 1. The highest BCUT2D eigenvalue weighted by atomic mass is 16.3. The van der Waals surface area contributed by atoms with Gasteiger partial charge in [-0.2, -0.15) is 0 Å². The molecule has 2 unspecified atom stereocenters. The first-order valence-electron chi connectivity index (χ1n) is 6.10. The Morgan fingerprint density at radius 1 is 1.35 bits per heavy atom. The Bertz CT molecular complexity index is 573. The van der Waals surface area contributed by atoms with E-state index < -0.39 is 0 Å². The molecular formula is C14H18N2O. The van der Waals surface area contributed by atoms with Crippen molar-refractivity contribution in [1.82, 2.24) is 4.90 Å². The van der Waals surface area contributed by atoms with Crippen molar-refractivity contribution in [2.45, 2.75) is 25.8 Å². The molecule has 0 bridgehead atoms. The maximum absolute atomic E-state index is 6.00. The molecule has 0 saturated carbocycles. The van der Waals surface area contributed by atoms with Gasteiger partial charge in [0.2, 0.25) is 0 Å². The van der Waals surface area contributed by atoms with Crippen LogP contribution in [0.25, 0.3) is 11.0 Å². The van der Waals surface area contributed by atoms with Gasteiger partial charge in [-0.15, -0.1) is 0 Å². The van der Waals surface area contributed by atoms with Gasteiger partial charge in [-0.3, -0.25) is 4.90 Å². The summed E-state index contributed by atoms with van der Waals surface area (Å²) < 4.78 is 6.00. The van der Waals surface area contributed by atoms with Crippen LogP contribution < -0.4 is 5.73 Å². The Kier molecular flexibility index (Phi) is 2.20. The molecular weight excluding hydrogens is 212 g/mol. The van der Waals surface area contributed by atoms with Crippen LogP contribution in [0.4, 0.5) is 5.69 Å². The Morgan fingerprint density at radius 3 is 2.88 bits per heavy atom. The fourth-order valence-corrected chi connectivity index (χ4v) is 2.87. The third-order valence-electron chi connectivity index (χ3n) is 3.90. The van der Waals surface area contributed by atoms with Crippen LogP contribution in [-0.2, 0) is 0 Å². The molecule has 0 fully saturated rings. The summed E-state index contributed by atoms with van der Waals surface area (Å²) >= 11 is 0. The summed E-state index contributed by atoms with van der Waals surface area (Å²) in [7, 11) is 2.16. The standard InChI is InChI=1S/C14H18N2O/c1-8-7-16(3)9(2)12-10-5-4-6-11(15)14(10)17-13(8)12/h4-6,8-9H,7,15H2,1-3H3. The smallest absolute Gasteiger partial charge is 0.157 e. The van der Waals surface area contributed by atoms with Gasteiger partial charge in [0.1, 0.15) is 5.76 Å². The van der Waals surface area contributed by atoms with Crippen LogP contribution in [-0.4, -0.2) is 18.5 Å². The lowest BCUT2D eigenvalue weighted by Crippen LogP contribution is -2.31. The molecule has 0 amide bonds. The van der Waals surface area contributed by atoms with Crippen LogP contribution in [0, 0.1) is 0 Å². The van der Waals surface area contributed by atoms with E-state index in [1.165, 1.54) is 10.9 Å². The number of likely N-dealkylation sites (N-methyl/N-ethyl adjacent to an activating group) is 1. The highest BCUT2D eigenvalue weighted by molar-refractivity contribution is 5.91. The van der Waals surface area contributed by atoms with E-state index in [1.807, 2.05) is 12.1 Å². The van der Waals surface area contributed by atoms with Gasteiger partial charge >= 0.3 is 0 Å². The van der Waals surface area contributed by atoms with E-state index in [4.69, 9.17) is 10.2 Å². The summed E-state index contributed by atoms with van der Waals surface area (Å²) in [6.07, 6.45) is 0. The lowest BCUT2D eigenvalue weighted by atomic mass is 9.92. The third-order valence-corrected chi connectivity index (χ3v) is 3.90. The zero-order valence-electron chi connectivity index (χ0n) is 10.5. The molecule has 2 atom stereocenters. The van der Waals surface area contributed by atoms with Crippen molar-refractivity contribution in [1.29, 1.82) is 0 Å². The lowest BCUT2D eigenvalue weighted by molar-refractivity contribution is 0.215. The molecule has 0 aliphatic carbocycles. The molecule has 0 spiro atoms. The quantitative estimate of drug-likeness (QED) is 0.707. The van der Waals surface area contributed by atoms with Crippen LogP contribution in [0.3, 0.4) is 0 Å². The molecule has 2 aromatic rings. The van der Waals surface area contributed by atoms with Gasteiger partial charge in [-0.25, -0.2) is 0 Å². The minimum atomic E-state index is 0.393. The fraction of sp³-hybridized carbons (Fsp3) is 0.429. The topological polar surface area (TPSA) is 42.4 Å². The fourth-order valence-electron chi connectivity index (χ4n) is 2.87. The van der Waals surface area contributed by atoms with Gasteiger partial charge in [0, 0.05) is 29.5 Å². The first-order valence-corrected chi connectivity index (χ1v) is 6.10. The second-order valence-electron chi connectivity index (χ2n) is 5.12. The first-order chi connectivity index (χ1) is 8.09. The van der Waals surface area contributed by atoms with Crippen LogP contribution in [0.15, 0.2) is 22.6 Å². The summed E-state index contributed by atoms with van der Waals surface area (Å²) in [5.74, 6) is 1.54. The molecule has 3 rings (SSSR count). The molecule has 17 heavy (non-hydrogen) atoms. The summed E-state index contributed by atoms with van der Waals surface area (Å²) in [6, 6.07) is 6.40. The van der Waals surface area contributed by atoms with Crippen LogP contribution >= 0.6 is 0 Å². The maximum atomic E-state index is 6.00. The average molecular weight is 230 g/mol. The van der Waals surface area contributed by atoms with Crippen molar-refractivity contribution < 1.29 is 4.42 Å². The van der Waals surface area contributed by atoms with Crippen molar-refractivity contribution in [3.05, 3.63) is 29.5 Å². The number of nitrogens with two attached hydrogens (primary N) is 1. The number of benzene rings is 1. The predicted octanol–water partition coefficient (Wildman–Crippen LogP) is 3.12. The van der Waals surface area contributed by atoms with Gasteiger partial charge in [0.15, 0.2) is 5.58 Å². The van der Waals surface area contributed by atoms with E-state index >= 15 is 0 Å². The number of furan rings is 1. The van der Waals surface area contributed by atoms with Gasteiger partial charge in [-0.05, 0) is 20.0 Å². The SMILES string of the molecule is CC1CN(C)C(C)c2c1oc1c(N)cccc21. The Labute approximate surface area is 101 Å². The van der Waals surface area contributed by atoms with Crippen molar-refractivity contribution in [2.75, 3.05) is 19.3 Å². The van der Waals surface area contributed by atoms with Gasteiger partial charge in [-0.1, -0.05) is 19.1 Å². The number of nitrogen functional groups attached to an aromatic ring is 1. The van der Waals surface area contributed by atoms with Crippen LogP contribution in [0.2, 0.25) is 0 Å². The van der Waals surface area contributed by atoms with Crippen molar-refractivity contribution in [3.8, 4) is 0 Å². The molecule has 90 valence electrons. The van der Waals surface area contributed by atoms with Gasteiger partial charge in [0.25, 0.3) is 0 Å². The largest absolute Gasteiger partial charge is 0.458 e. The second kappa shape index (κ2) is 3.50. The van der Waals surface area contributed by atoms with Crippen molar-refractivity contribution in [3.63, 3.8) is 0 Å². The molecule has 3 heteroatoms. The molecule has 2 heterocycles. The highest BCUT2D eigenvalue weighted by Gasteiger charge is 2.31. The monoisotopic (exact) mass is 230 g/mol. The molecule has 2 N–H and O–H groups in total. The molecule has 0 radical (unpaired) electrons. The van der Waals surface area contributed by atoms with Gasteiger partial charge in [0.05, 0.1) is 5.69 Å². The van der Waals surface area contributed by atoms with Crippen LogP contribution in [0.1, 0.15) is 37.1 Å².